The number of hydrogen-bond acceptors (Lipinski definition) is 4. The summed E-state index contributed by atoms with van der Waals surface area (Å²) < 4.78 is 0.828. The molecule has 2 heterocycles. The number of nitrogens with one attached hydrogen (secondary N) is 2. The first-order valence-electron chi connectivity index (χ1n) is 4.82. The van der Waals surface area contributed by atoms with Crippen LogP contribution >= 0.6 is 15.9 Å². The molecule has 1 aliphatic rings. The van der Waals surface area contributed by atoms with Gasteiger partial charge in [-0.3, -0.25) is 0 Å². The van der Waals surface area contributed by atoms with Crippen LogP contribution in [0.3, 0.4) is 0 Å². The molecule has 5 heteroatoms. The van der Waals surface area contributed by atoms with E-state index in [9.17, 15) is 0 Å². The molecule has 1 saturated heterocycles. The third-order valence-electron chi connectivity index (χ3n) is 2.38. The van der Waals surface area contributed by atoms with Crippen LogP contribution in [0.1, 0.15) is 12.0 Å². The zero-order valence-corrected chi connectivity index (χ0v) is 9.71. The molecule has 4 nitrogen and oxygen atoms in total. The molecule has 0 radical (unpaired) electrons. The van der Waals surface area contributed by atoms with Crippen molar-refractivity contribution in [3.05, 3.63) is 22.3 Å². The summed E-state index contributed by atoms with van der Waals surface area (Å²) in [6.45, 7) is 1.96. The highest BCUT2D eigenvalue weighted by atomic mass is 79.9. The smallest absolute Gasteiger partial charge is 0.144 e. The summed E-state index contributed by atoms with van der Waals surface area (Å²) in [7, 11) is 0. The van der Waals surface area contributed by atoms with Crippen molar-refractivity contribution >= 4 is 21.7 Å². The quantitative estimate of drug-likeness (QED) is 0.852. The van der Waals surface area contributed by atoms with Crippen molar-refractivity contribution in [2.24, 2.45) is 0 Å². The summed E-state index contributed by atoms with van der Waals surface area (Å²) in [5.41, 5.74) is 0.580. The van der Waals surface area contributed by atoms with Crippen LogP contribution in [0.15, 0.2) is 16.7 Å². The summed E-state index contributed by atoms with van der Waals surface area (Å²) in [4.78, 5) is 4.20. The van der Waals surface area contributed by atoms with E-state index in [-0.39, 0.29) is 0 Å². The normalized spacial score (nSPS) is 19.9. The summed E-state index contributed by atoms with van der Waals surface area (Å²) in [5.74, 6) is 0.675. The van der Waals surface area contributed by atoms with Crippen molar-refractivity contribution in [3.8, 4) is 6.07 Å². The lowest BCUT2D eigenvalue weighted by Gasteiger charge is -2.12. The van der Waals surface area contributed by atoms with Gasteiger partial charge in [0.05, 0.1) is 5.56 Å². The number of rotatable bonds is 2. The lowest BCUT2D eigenvalue weighted by Crippen LogP contribution is -2.23. The van der Waals surface area contributed by atoms with Crippen LogP contribution in [0, 0.1) is 11.3 Å². The number of hydrogen-bond donors (Lipinski definition) is 2. The number of aromatic nitrogens is 1. The fraction of sp³-hybridized carbons (Fsp3) is 0.400. The van der Waals surface area contributed by atoms with E-state index in [0.717, 1.165) is 24.0 Å². The van der Waals surface area contributed by atoms with Crippen LogP contribution in [0.4, 0.5) is 5.82 Å². The highest BCUT2D eigenvalue weighted by Gasteiger charge is 2.16. The highest BCUT2D eigenvalue weighted by Crippen LogP contribution is 2.18. The van der Waals surface area contributed by atoms with Gasteiger partial charge in [0, 0.05) is 23.3 Å². The van der Waals surface area contributed by atoms with Gasteiger partial charge >= 0.3 is 0 Å². The predicted octanol–water partition coefficient (Wildman–Crippen LogP) is 1.49. The van der Waals surface area contributed by atoms with Crippen molar-refractivity contribution in [1.82, 2.24) is 10.3 Å². The number of nitriles is 1. The zero-order valence-electron chi connectivity index (χ0n) is 8.13. The average molecular weight is 267 g/mol. The Morgan fingerprint density at radius 3 is 3.20 bits per heavy atom. The minimum Gasteiger partial charge on any atom is -0.365 e. The summed E-state index contributed by atoms with van der Waals surface area (Å²) in [6.07, 6.45) is 2.77. The lowest BCUT2D eigenvalue weighted by atomic mass is 10.2. The monoisotopic (exact) mass is 266 g/mol. The lowest BCUT2D eigenvalue weighted by molar-refractivity contribution is 0.787. The number of halogens is 1. The maximum atomic E-state index is 8.95. The first-order valence-corrected chi connectivity index (χ1v) is 5.62. The molecule has 0 saturated carbocycles. The summed E-state index contributed by atoms with van der Waals surface area (Å²) in [5, 5.41) is 15.5. The van der Waals surface area contributed by atoms with E-state index < -0.39 is 0 Å². The fourth-order valence-electron chi connectivity index (χ4n) is 1.61. The molecule has 0 aromatic carbocycles. The fourth-order valence-corrected chi connectivity index (χ4v) is 1.94. The van der Waals surface area contributed by atoms with E-state index >= 15 is 0 Å². The molecule has 1 aromatic heterocycles. The van der Waals surface area contributed by atoms with Crippen molar-refractivity contribution in [2.45, 2.75) is 12.5 Å². The van der Waals surface area contributed by atoms with E-state index in [0.29, 0.717) is 17.4 Å². The van der Waals surface area contributed by atoms with Gasteiger partial charge in [0.25, 0.3) is 0 Å². The molecule has 1 aliphatic heterocycles. The molecule has 0 unspecified atom stereocenters. The molecule has 2 rings (SSSR count). The minimum atomic E-state index is 0.380. The first kappa shape index (κ1) is 10.4. The van der Waals surface area contributed by atoms with Gasteiger partial charge in [-0.2, -0.15) is 5.26 Å². The SMILES string of the molecule is N#Cc1cc(Br)cnc1N[C@@H]1CCNC1. The first-order chi connectivity index (χ1) is 7.29. The van der Waals surface area contributed by atoms with Gasteiger partial charge in [-0.1, -0.05) is 0 Å². The molecule has 1 fully saturated rings. The summed E-state index contributed by atoms with van der Waals surface area (Å²) >= 11 is 3.30. The van der Waals surface area contributed by atoms with Crippen molar-refractivity contribution < 1.29 is 0 Å². The van der Waals surface area contributed by atoms with E-state index in [2.05, 4.69) is 37.6 Å². The van der Waals surface area contributed by atoms with Crippen molar-refractivity contribution in [3.63, 3.8) is 0 Å². The van der Waals surface area contributed by atoms with Gasteiger partial charge in [0.15, 0.2) is 0 Å². The van der Waals surface area contributed by atoms with Crippen molar-refractivity contribution in [1.29, 1.82) is 5.26 Å². The average Bonchev–Trinajstić information content (AvgIpc) is 2.73. The minimum absolute atomic E-state index is 0.380. The van der Waals surface area contributed by atoms with Crippen LogP contribution in [0.5, 0.6) is 0 Å². The topological polar surface area (TPSA) is 60.7 Å². The molecular weight excluding hydrogens is 256 g/mol. The zero-order chi connectivity index (χ0) is 10.7. The molecular formula is C10H11BrN4. The van der Waals surface area contributed by atoms with Gasteiger partial charge < -0.3 is 10.6 Å². The molecule has 1 aromatic rings. The second-order valence-electron chi connectivity index (χ2n) is 3.50. The molecule has 0 bridgehead atoms. The van der Waals surface area contributed by atoms with Gasteiger partial charge in [-0.05, 0) is 35.0 Å². The highest BCUT2D eigenvalue weighted by molar-refractivity contribution is 9.10. The predicted molar refractivity (Wildman–Crippen MR) is 61.5 cm³/mol. The number of nitrogens with zero attached hydrogens (tertiary/aromatic N) is 2. The van der Waals surface area contributed by atoms with E-state index in [4.69, 9.17) is 5.26 Å². The molecule has 0 amide bonds. The van der Waals surface area contributed by atoms with Crippen LogP contribution in [0.25, 0.3) is 0 Å². The Balaban J connectivity index is 2.16. The van der Waals surface area contributed by atoms with Gasteiger partial charge in [0.1, 0.15) is 11.9 Å². The number of pyridine rings is 1. The Kier molecular flexibility index (Phi) is 3.19. The Morgan fingerprint density at radius 2 is 2.53 bits per heavy atom. The molecule has 0 aliphatic carbocycles. The van der Waals surface area contributed by atoms with Crippen LogP contribution in [0.2, 0.25) is 0 Å². The van der Waals surface area contributed by atoms with Gasteiger partial charge in [-0.25, -0.2) is 4.98 Å². The second kappa shape index (κ2) is 4.60. The second-order valence-corrected chi connectivity index (χ2v) is 4.41. The maximum Gasteiger partial charge on any atom is 0.144 e. The molecule has 1 atom stereocenters. The van der Waals surface area contributed by atoms with E-state index in [1.165, 1.54) is 0 Å². The Hall–Kier alpha value is -1.12. The molecule has 0 spiro atoms. The number of anilines is 1. The maximum absolute atomic E-state index is 8.95. The Bertz CT molecular complexity index is 393. The molecule has 15 heavy (non-hydrogen) atoms. The largest absolute Gasteiger partial charge is 0.365 e. The van der Waals surface area contributed by atoms with E-state index in [1.807, 2.05) is 0 Å². The Morgan fingerprint density at radius 1 is 1.67 bits per heavy atom. The summed E-state index contributed by atoms with van der Waals surface area (Å²) in [6, 6.07) is 4.29. The molecule has 78 valence electrons. The van der Waals surface area contributed by atoms with Crippen LogP contribution in [-0.4, -0.2) is 24.1 Å². The third-order valence-corrected chi connectivity index (χ3v) is 2.81. The standard InChI is InChI=1S/C10H11BrN4/c11-8-3-7(4-12)10(14-5-8)15-9-1-2-13-6-9/h3,5,9,13H,1-2,6H2,(H,14,15)/t9-/m1/s1. The van der Waals surface area contributed by atoms with Gasteiger partial charge in [-0.15, -0.1) is 0 Å². The van der Waals surface area contributed by atoms with Crippen LogP contribution in [-0.2, 0) is 0 Å². The van der Waals surface area contributed by atoms with Crippen LogP contribution < -0.4 is 10.6 Å². The Labute approximate surface area is 96.8 Å². The van der Waals surface area contributed by atoms with Crippen molar-refractivity contribution in [2.75, 3.05) is 18.4 Å². The third kappa shape index (κ3) is 2.46. The molecule has 2 N–H and O–H groups in total. The van der Waals surface area contributed by atoms with Gasteiger partial charge in [0.2, 0.25) is 0 Å². The van der Waals surface area contributed by atoms with E-state index in [1.54, 1.807) is 12.3 Å².